The molecule has 0 spiro atoms. The minimum Gasteiger partial charge on any atom is -0.444 e. The van der Waals surface area contributed by atoms with Crippen LogP contribution in [0.3, 0.4) is 0 Å². The Morgan fingerprint density at radius 3 is 2.50 bits per heavy atom. The Balaban J connectivity index is 2.46. The minimum absolute atomic E-state index is 0.0461. The van der Waals surface area contributed by atoms with E-state index in [1.54, 1.807) is 34.6 Å². The van der Waals surface area contributed by atoms with Crippen molar-refractivity contribution in [2.75, 3.05) is 13.2 Å². The van der Waals surface area contributed by atoms with Crippen LogP contribution < -0.4 is 5.32 Å². The summed E-state index contributed by atoms with van der Waals surface area (Å²) in [6.07, 6.45) is -2.94. The van der Waals surface area contributed by atoms with Gasteiger partial charge >= 0.3 is 6.09 Å². The minimum atomic E-state index is -0.999. The summed E-state index contributed by atoms with van der Waals surface area (Å²) in [4.78, 5) is 11.5. The van der Waals surface area contributed by atoms with Gasteiger partial charge in [0.25, 0.3) is 0 Å². The maximum absolute atomic E-state index is 11.5. The van der Waals surface area contributed by atoms with Crippen molar-refractivity contribution in [3.05, 3.63) is 0 Å². The number of hydrogen-bond donors (Lipinski definition) is 3. The van der Waals surface area contributed by atoms with Crippen LogP contribution in [-0.2, 0) is 14.2 Å². The van der Waals surface area contributed by atoms with E-state index in [1.165, 1.54) is 0 Å². The lowest BCUT2D eigenvalue weighted by Crippen LogP contribution is -2.45. The van der Waals surface area contributed by atoms with Crippen LogP contribution in [0.4, 0.5) is 4.79 Å². The van der Waals surface area contributed by atoms with Crippen molar-refractivity contribution < 1.29 is 29.2 Å². The van der Waals surface area contributed by atoms with E-state index in [9.17, 15) is 15.0 Å². The first-order valence-electron chi connectivity index (χ1n) is 6.65. The highest BCUT2D eigenvalue weighted by Gasteiger charge is 2.44. The van der Waals surface area contributed by atoms with Crippen LogP contribution in [0.15, 0.2) is 0 Å². The average molecular weight is 291 g/mol. The Bertz CT molecular complexity index is 338. The van der Waals surface area contributed by atoms with Crippen LogP contribution in [0.25, 0.3) is 0 Å². The van der Waals surface area contributed by atoms with Crippen LogP contribution in [0, 0.1) is 0 Å². The van der Waals surface area contributed by atoms with Crippen molar-refractivity contribution in [3.63, 3.8) is 0 Å². The topological polar surface area (TPSA) is 97.3 Å². The highest BCUT2D eigenvalue weighted by molar-refractivity contribution is 5.67. The number of rotatable bonds is 4. The molecule has 0 saturated carbocycles. The summed E-state index contributed by atoms with van der Waals surface area (Å²) in [7, 11) is 0. The summed E-state index contributed by atoms with van der Waals surface area (Å²) < 4.78 is 16.0. The molecule has 7 nitrogen and oxygen atoms in total. The fraction of sp³-hybridized carbons (Fsp3) is 0.923. The van der Waals surface area contributed by atoms with E-state index >= 15 is 0 Å². The molecule has 1 heterocycles. The van der Waals surface area contributed by atoms with Gasteiger partial charge < -0.3 is 29.7 Å². The molecule has 1 fully saturated rings. The second kappa shape index (κ2) is 6.26. The number of aliphatic hydroxyl groups is 2. The normalized spacial score (nSPS) is 27.1. The Hall–Kier alpha value is -0.890. The number of carbonyl (C=O) groups excluding carboxylic acids is 1. The van der Waals surface area contributed by atoms with E-state index < -0.39 is 35.8 Å². The zero-order chi connectivity index (χ0) is 15.6. The number of alkyl carbamates (subject to hydrolysis) is 1. The van der Waals surface area contributed by atoms with E-state index in [4.69, 9.17) is 14.2 Å². The first-order valence-corrected chi connectivity index (χ1v) is 6.65. The van der Waals surface area contributed by atoms with Gasteiger partial charge in [-0.25, -0.2) is 4.79 Å². The van der Waals surface area contributed by atoms with Crippen LogP contribution in [0.1, 0.15) is 34.6 Å². The Morgan fingerprint density at radius 2 is 2.00 bits per heavy atom. The lowest BCUT2D eigenvalue weighted by atomic mass is 10.1. The lowest BCUT2D eigenvalue weighted by Gasteiger charge is -2.23. The summed E-state index contributed by atoms with van der Waals surface area (Å²) >= 11 is 0. The smallest absolute Gasteiger partial charge is 0.407 e. The molecule has 0 aromatic rings. The molecule has 3 N–H and O–H groups in total. The standard InChI is InChI=1S/C13H25NO6/c1-12(2,3)20-11(17)14-6-8(16)10-9(7-15)18-13(4,5)19-10/h8-10,15-16H,6-7H2,1-5H3,(H,14,17)/t8-,9+,10-/m1/s1. The monoisotopic (exact) mass is 291 g/mol. The van der Waals surface area contributed by atoms with Crippen molar-refractivity contribution in [2.24, 2.45) is 0 Å². The van der Waals surface area contributed by atoms with Gasteiger partial charge in [0.1, 0.15) is 23.9 Å². The fourth-order valence-electron chi connectivity index (χ4n) is 1.95. The Labute approximate surface area is 119 Å². The summed E-state index contributed by atoms with van der Waals surface area (Å²) in [5.74, 6) is -0.870. The molecule has 1 aliphatic rings. The predicted molar refractivity (Wildman–Crippen MR) is 71.2 cm³/mol. The third-order valence-electron chi connectivity index (χ3n) is 2.64. The van der Waals surface area contributed by atoms with Crippen molar-refractivity contribution in [2.45, 2.75) is 64.3 Å². The molecule has 0 bridgehead atoms. The third kappa shape index (κ3) is 5.24. The fourth-order valence-corrected chi connectivity index (χ4v) is 1.95. The first-order chi connectivity index (χ1) is 9.04. The predicted octanol–water partition coefficient (Wildman–Crippen LogP) is 0.384. The molecule has 0 aliphatic carbocycles. The molecular weight excluding hydrogens is 266 g/mol. The third-order valence-corrected chi connectivity index (χ3v) is 2.64. The first kappa shape index (κ1) is 17.2. The van der Waals surface area contributed by atoms with E-state index in [0.29, 0.717) is 0 Å². The number of nitrogens with one attached hydrogen (secondary N) is 1. The van der Waals surface area contributed by atoms with E-state index in [0.717, 1.165) is 0 Å². The molecule has 0 unspecified atom stereocenters. The van der Waals surface area contributed by atoms with Gasteiger partial charge in [0.05, 0.1) is 6.61 Å². The Kier molecular flexibility index (Phi) is 5.37. The van der Waals surface area contributed by atoms with Gasteiger partial charge in [-0.3, -0.25) is 0 Å². The molecule has 118 valence electrons. The van der Waals surface area contributed by atoms with Gasteiger partial charge in [0.15, 0.2) is 5.79 Å². The van der Waals surface area contributed by atoms with Gasteiger partial charge in [0.2, 0.25) is 0 Å². The van der Waals surface area contributed by atoms with Gasteiger partial charge in [-0.05, 0) is 34.6 Å². The number of hydrogen-bond acceptors (Lipinski definition) is 6. The van der Waals surface area contributed by atoms with Crippen LogP contribution in [0.5, 0.6) is 0 Å². The molecule has 20 heavy (non-hydrogen) atoms. The van der Waals surface area contributed by atoms with Crippen LogP contribution in [-0.4, -0.2) is 59.2 Å². The van der Waals surface area contributed by atoms with Crippen LogP contribution in [0.2, 0.25) is 0 Å². The number of carbonyl (C=O) groups is 1. The van der Waals surface area contributed by atoms with Gasteiger partial charge in [-0.15, -0.1) is 0 Å². The van der Waals surface area contributed by atoms with Crippen molar-refractivity contribution in [1.82, 2.24) is 5.32 Å². The van der Waals surface area contributed by atoms with Gasteiger partial charge in [0, 0.05) is 6.54 Å². The highest BCUT2D eigenvalue weighted by atomic mass is 16.8. The number of amides is 1. The molecule has 1 rings (SSSR count). The number of ether oxygens (including phenoxy) is 3. The quantitative estimate of drug-likeness (QED) is 0.693. The SMILES string of the molecule is CC(C)(C)OC(=O)NC[C@@H](O)[C@H]1OC(C)(C)O[C@H]1CO. The largest absolute Gasteiger partial charge is 0.444 e. The summed E-state index contributed by atoms with van der Waals surface area (Å²) in [6, 6.07) is 0. The molecule has 1 saturated heterocycles. The zero-order valence-corrected chi connectivity index (χ0v) is 12.7. The average Bonchev–Trinajstić information content (AvgIpc) is 2.59. The molecule has 1 amide bonds. The molecule has 1 aliphatic heterocycles. The van der Waals surface area contributed by atoms with Crippen molar-refractivity contribution in [3.8, 4) is 0 Å². The van der Waals surface area contributed by atoms with Gasteiger partial charge in [-0.2, -0.15) is 0 Å². The van der Waals surface area contributed by atoms with Crippen LogP contribution >= 0.6 is 0 Å². The van der Waals surface area contributed by atoms with E-state index in [-0.39, 0.29) is 13.2 Å². The summed E-state index contributed by atoms with van der Waals surface area (Å²) in [6.45, 7) is 8.34. The highest BCUT2D eigenvalue weighted by Crippen LogP contribution is 2.29. The van der Waals surface area contributed by atoms with E-state index in [2.05, 4.69) is 5.32 Å². The molecular formula is C13H25NO6. The Morgan fingerprint density at radius 1 is 1.40 bits per heavy atom. The molecule has 0 aromatic carbocycles. The molecule has 7 heteroatoms. The molecule has 0 aromatic heterocycles. The zero-order valence-electron chi connectivity index (χ0n) is 12.7. The number of aliphatic hydroxyl groups excluding tert-OH is 2. The lowest BCUT2D eigenvalue weighted by molar-refractivity contribution is -0.156. The molecule has 3 atom stereocenters. The summed E-state index contributed by atoms with van der Waals surface area (Å²) in [5, 5.41) is 21.7. The maximum Gasteiger partial charge on any atom is 0.407 e. The summed E-state index contributed by atoms with van der Waals surface area (Å²) in [5.41, 5.74) is -0.600. The van der Waals surface area contributed by atoms with E-state index in [1.807, 2.05) is 0 Å². The van der Waals surface area contributed by atoms with Crippen molar-refractivity contribution in [1.29, 1.82) is 0 Å². The molecule has 0 radical (unpaired) electrons. The van der Waals surface area contributed by atoms with Gasteiger partial charge in [-0.1, -0.05) is 0 Å². The second-order valence-electron chi connectivity index (χ2n) is 6.27. The van der Waals surface area contributed by atoms with Crippen molar-refractivity contribution >= 4 is 6.09 Å². The second-order valence-corrected chi connectivity index (χ2v) is 6.27. The maximum atomic E-state index is 11.5.